The molecule has 3 aromatic rings. The normalized spacial score (nSPS) is 15.0. The average Bonchev–Trinajstić information content (AvgIpc) is 2.80. The van der Waals surface area contributed by atoms with E-state index in [1.54, 1.807) is 31.5 Å². The number of methoxy groups -OCH3 is 1. The first-order chi connectivity index (χ1) is 15.9. The van der Waals surface area contributed by atoms with Crippen LogP contribution in [-0.4, -0.2) is 29.1 Å². The lowest BCUT2D eigenvalue weighted by Gasteiger charge is -2.23. The van der Waals surface area contributed by atoms with Gasteiger partial charge in [-0.1, -0.05) is 46.8 Å². The lowest BCUT2D eigenvalue weighted by molar-refractivity contribution is 0.230. The van der Waals surface area contributed by atoms with Crippen LogP contribution in [0.1, 0.15) is 63.3 Å². The van der Waals surface area contributed by atoms with E-state index in [0.29, 0.717) is 38.8 Å². The number of hydrogen-bond acceptors (Lipinski definition) is 5. The van der Waals surface area contributed by atoms with E-state index in [4.69, 9.17) is 26.1 Å². The van der Waals surface area contributed by atoms with E-state index in [1.165, 1.54) is 11.1 Å². The SMILES string of the molecule is COc1cc(Cl)cc(C=Nn2c(C3CCCCC3)nc3ccc(Br)cc3c2=O)c1OC(C)C. The number of fused-ring (bicyclic) bond motifs is 1. The minimum atomic E-state index is -0.196. The third-order valence-corrected chi connectivity index (χ3v) is 6.45. The summed E-state index contributed by atoms with van der Waals surface area (Å²) in [6, 6.07) is 9.02. The van der Waals surface area contributed by atoms with E-state index < -0.39 is 0 Å². The summed E-state index contributed by atoms with van der Waals surface area (Å²) in [6.45, 7) is 3.87. The molecule has 1 aromatic heterocycles. The largest absolute Gasteiger partial charge is 0.493 e. The van der Waals surface area contributed by atoms with Crippen molar-refractivity contribution < 1.29 is 9.47 Å². The Morgan fingerprint density at radius 2 is 1.97 bits per heavy atom. The molecule has 0 radical (unpaired) electrons. The predicted octanol–water partition coefficient (Wildman–Crippen LogP) is 6.54. The number of rotatable bonds is 6. The molecule has 8 heteroatoms. The number of nitrogens with zero attached hydrogens (tertiary/aromatic N) is 3. The molecule has 0 N–H and O–H groups in total. The van der Waals surface area contributed by atoms with Crippen LogP contribution in [0.4, 0.5) is 0 Å². The first-order valence-corrected chi connectivity index (χ1v) is 12.3. The smallest absolute Gasteiger partial charge is 0.282 e. The summed E-state index contributed by atoms with van der Waals surface area (Å²) in [5.74, 6) is 1.94. The van der Waals surface area contributed by atoms with Crippen molar-refractivity contribution in [3.63, 3.8) is 0 Å². The van der Waals surface area contributed by atoms with Gasteiger partial charge in [-0.15, -0.1) is 0 Å². The van der Waals surface area contributed by atoms with Crippen LogP contribution < -0.4 is 15.0 Å². The van der Waals surface area contributed by atoms with E-state index >= 15 is 0 Å². The van der Waals surface area contributed by atoms with Crippen LogP contribution in [0.5, 0.6) is 11.5 Å². The summed E-state index contributed by atoms with van der Waals surface area (Å²) < 4.78 is 13.7. The van der Waals surface area contributed by atoms with Crippen molar-refractivity contribution in [1.82, 2.24) is 9.66 Å². The zero-order valence-electron chi connectivity index (χ0n) is 19.0. The van der Waals surface area contributed by atoms with E-state index in [9.17, 15) is 4.79 Å². The summed E-state index contributed by atoms with van der Waals surface area (Å²) >= 11 is 9.77. The molecule has 174 valence electrons. The summed E-state index contributed by atoms with van der Waals surface area (Å²) in [4.78, 5) is 18.4. The molecule has 6 nitrogen and oxygen atoms in total. The van der Waals surface area contributed by atoms with Crippen molar-refractivity contribution >= 4 is 44.6 Å². The number of benzene rings is 2. The highest BCUT2D eigenvalue weighted by Gasteiger charge is 2.23. The quantitative estimate of drug-likeness (QED) is 0.338. The Balaban J connectivity index is 1.88. The molecular formula is C25H27BrClN3O3. The molecule has 1 aliphatic rings. The van der Waals surface area contributed by atoms with Gasteiger partial charge < -0.3 is 9.47 Å². The van der Waals surface area contributed by atoms with E-state index in [0.717, 1.165) is 30.2 Å². The van der Waals surface area contributed by atoms with Crippen molar-refractivity contribution in [3.8, 4) is 11.5 Å². The molecule has 0 amide bonds. The highest BCUT2D eigenvalue weighted by atomic mass is 79.9. The van der Waals surface area contributed by atoms with Crippen molar-refractivity contribution in [2.75, 3.05) is 7.11 Å². The van der Waals surface area contributed by atoms with Gasteiger partial charge in [0.1, 0.15) is 5.82 Å². The highest BCUT2D eigenvalue weighted by molar-refractivity contribution is 9.10. The Hall–Kier alpha value is -2.38. The van der Waals surface area contributed by atoms with Crippen LogP contribution in [0.25, 0.3) is 10.9 Å². The van der Waals surface area contributed by atoms with Crippen molar-refractivity contribution in [1.29, 1.82) is 0 Å². The van der Waals surface area contributed by atoms with Crippen LogP contribution in [0.15, 0.2) is 44.7 Å². The third kappa shape index (κ3) is 5.25. The van der Waals surface area contributed by atoms with Gasteiger partial charge in [0.05, 0.1) is 30.3 Å². The molecule has 1 heterocycles. The maximum absolute atomic E-state index is 13.5. The Bertz CT molecular complexity index is 1250. The van der Waals surface area contributed by atoms with E-state index in [2.05, 4.69) is 21.0 Å². The Morgan fingerprint density at radius 1 is 1.21 bits per heavy atom. The van der Waals surface area contributed by atoms with Crippen molar-refractivity contribution in [2.45, 2.75) is 58.0 Å². The van der Waals surface area contributed by atoms with Crippen LogP contribution >= 0.6 is 27.5 Å². The second-order valence-electron chi connectivity index (χ2n) is 8.52. The van der Waals surface area contributed by atoms with Gasteiger partial charge in [-0.3, -0.25) is 4.79 Å². The van der Waals surface area contributed by atoms with Crippen LogP contribution in [-0.2, 0) is 0 Å². The second-order valence-corrected chi connectivity index (χ2v) is 9.87. The minimum absolute atomic E-state index is 0.0765. The van der Waals surface area contributed by atoms with Crippen LogP contribution in [0, 0.1) is 0 Å². The molecule has 1 aliphatic carbocycles. The molecule has 1 saturated carbocycles. The third-order valence-electron chi connectivity index (χ3n) is 5.74. The fourth-order valence-corrected chi connectivity index (χ4v) is 4.80. The maximum Gasteiger partial charge on any atom is 0.282 e. The number of hydrogen-bond donors (Lipinski definition) is 0. The summed E-state index contributed by atoms with van der Waals surface area (Å²) in [5, 5.41) is 5.63. The predicted molar refractivity (Wildman–Crippen MR) is 136 cm³/mol. The van der Waals surface area contributed by atoms with E-state index in [-0.39, 0.29) is 17.6 Å². The van der Waals surface area contributed by atoms with Crippen molar-refractivity contribution in [2.24, 2.45) is 5.10 Å². The van der Waals surface area contributed by atoms with Gasteiger partial charge in [-0.25, -0.2) is 4.98 Å². The zero-order valence-corrected chi connectivity index (χ0v) is 21.3. The molecule has 0 unspecified atom stereocenters. The molecule has 0 spiro atoms. The zero-order chi connectivity index (χ0) is 23.5. The van der Waals surface area contributed by atoms with E-state index in [1.807, 2.05) is 26.0 Å². The molecule has 1 fully saturated rings. The molecule has 4 rings (SSSR count). The molecule has 0 saturated heterocycles. The monoisotopic (exact) mass is 531 g/mol. The highest BCUT2D eigenvalue weighted by Crippen LogP contribution is 2.35. The maximum atomic E-state index is 13.5. The topological polar surface area (TPSA) is 65.7 Å². The summed E-state index contributed by atoms with van der Waals surface area (Å²) in [5.41, 5.74) is 1.12. The second kappa shape index (κ2) is 10.3. The number of aromatic nitrogens is 2. The standard InChI is InChI=1S/C25H27BrClN3O3/c1-15(2)33-23-17(11-19(27)13-22(23)32-3)14-28-30-24(16-7-5-4-6-8-16)29-21-10-9-18(26)12-20(21)25(30)31/h9-16H,4-8H2,1-3H3. The van der Waals surface area contributed by atoms with Crippen LogP contribution in [0.3, 0.4) is 0 Å². The van der Waals surface area contributed by atoms with Gasteiger partial charge in [0.2, 0.25) is 0 Å². The van der Waals surface area contributed by atoms with Gasteiger partial charge in [0.15, 0.2) is 11.5 Å². The molecule has 0 bridgehead atoms. The Kier molecular flexibility index (Phi) is 7.39. The van der Waals surface area contributed by atoms with Crippen LogP contribution in [0.2, 0.25) is 5.02 Å². The number of ether oxygens (including phenoxy) is 2. The first-order valence-electron chi connectivity index (χ1n) is 11.2. The molecule has 0 aliphatic heterocycles. The lowest BCUT2D eigenvalue weighted by Crippen LogP contribution is -2.25. The average molecular weight is 533 g/mol. The van der Waals surface area contributed by atoms with Gasteiger partial charge in [-0.05, 0) is 51.0 Å². The minimum Gasteiger partial charge on any atom is -0.493 e. The summed E-state index contributed by atoms with van der Waals surface area (Å²) in [7, 11) is 1.57. The van der Waals surface area contributed by atoms with Crippen molar-refractivity contribution in [3.05, 3.63) is 61.6 Å². The molecule has 33 heavy (non-hydrogen) atoms. The molecule has 0 atom stereocenters. The Labute approximate surface area is 206 Å². The fourth-order valence-electron chi connectivity index (χ4n) is 4.22. The fraction of sp³-hybridized carbons (Fsp3) is 0.400. The Morgan fingerprint density at radius 3 is 2.67 bits per heavy atom. The lowest BCUT2D eigenvalue weighted by atomic mass is 9.88. The van der Waals surface area contributed by atoms with Gasteiger partial charge >= 0.3 is 0 Å². The first kappa shape index (κ1) is 23.8. The number of halogens is 2. The van der Waals surface area contributed by atoms with Gasteiger partial charge in [0.25, 0.3) is 5.56 Å². The molecule has 2 aromatic carbocycles. The van der Waals surface area contributed by atoms with Gasteiger partial charge in [-0.2, -0.15) is 9.78 Å². The molecular weight excluding hydrogens is 506 g/mol. The van der Waals surface area contributed by atoms with Gasteiger partial charge in [0, 0.05) is 27.0 Å². The summed E-state index contributed by atoms with van der Waals surface area (Å²) in [6.07, 6.45) is 6.98.